The van der Waals surface area contributed by atoms with Gasteiger partial charge in [-0.1, -0.05) is 45.1 Å². The van der Waals surface area contributed by atoms with Crippen molar-refractivity contribution in [3.63, 3.8) is 0 Å². The molecule has 0 aromatic carbocycles. The number of carbonyl (C=O) groups is 2. The lowest BCUT2D eigenvalue weighted by atomic mass is 9.96. The lowest BCUT2D eigenvalue weighted by Crippen LogP contribution is -2.42. The zero-order valence-electron chi connectivity index (χ0n) is 17.5. The van der Waals surface area contributed by atoms with Crippen LogP contribution in [0, 0.1) is 5.92 Å². The third-order valence-electron chi connectivity index (χ3n) is 4.36. The van der Waals surface area contributed by atoms with Gasteiger partial charge in [0.1, 0.15) is 6.29 Å². The van der Waals surface area contributed by atoms with Gasteiger partial charge >= 0.3 is 0 Å². The van der Waals surface area contributed by atoms with E-state index in [2.05, 4.69) is 44.6 Å². The first-order valence-corrected chi connectivity index (χ1v) is 9.88. The molecule has 0 unspecified atom stereocenters. The molecular weight excluding hydrogens is 328 g/mol. The first-order valence-electron chi connectivity index (χ1n) is 9.88. The van der Waals surface area contributed by atoms with Gasteiger partial charge in [-0.2, -0.15) is 0 Å². The van der Waals surface area contributed by atoms with Gasteiger partial charge in [-0.05, 0) is 72.3 Å². The summed E-state index contributed by atoms with van der Waals surface area (Å²) in [5, 5.41) is 10.5. The Hall–Kier alpha value is -1.20. The van der Waals surface area contributed by atoms with E-state index in [1.165, 1.54) is 77.1 Å². The monoisotopic (exact) mass is 370 g/mol. The number of rotatable bonds is 3. The molecule has 0 amide bonds. The maximum atomic E-state index is 9.06. The van der Waals surface area contributed by atoms with Gasteiger partial charge in [0.05, 0.1) is 0 Å². The van der Waals surface area contributed by atoms with E-state index in [0.717, 1.165) is 5.92 Å². The van der Waals surface area contributed by atoms with Gasteiger partial charge in [-0.15, -0.1) is 0 Å². The molecule has 5 nitrogen and oxygen atoms in total. The summed E-state index contributed by atoms with van der Waals surface area (Å²) in [6, 6.07) is 0. The molecule has 2 N–H and O–H groups in total. The van der Waals surface area contributed by atoms with Crippen LogP contribution in [0.25, 0.3) is 0 Å². The van der Waals surface area contributed by atoms with E-state index in [4.69, 9.17) is 14.7 Å². The zero-order valence-corrected chi connectivity index (χ0v) is 17.5. The van der Waals surface area contributed by atoms with Crippen molar-refractivity contribution < 1.29 is 14.7 Å². The van der Waals surface area contributed by atoms with Gasteiger partial charge < -0.3 is 15.3 Å². The Labute approximate surface area is 161 Å². The minimum Gasteiger partial charge on any atom is -0.483 e. The number of likely N-dealkylation sites (tertiary alicyclic amines) is 1. The highest BCUT2D eigenvalue weighted by molar-refractivity contribution is 5.63. The second kappa shape index (κ2) is 18.6. The lowest BCUT2D eigenvalue weighted by molar-refractivity contribution is -0.122. The van der Waals surface area contributed by atoms with Crippen molar-refractivity contribution >= 4 is 12.8 Å². The molecule has 154 valence electrons. The summed E-state index contributed by atoms with van der Waals surface area (Å²) in [4.78, 5) is 19.8. The number of hydrogen-bond acceptors (Lipinski definition) is 4. The third-order valence-corrected chi connectivity index (χ3v) is 4.36. The summed E-state index contributed by atoms with van der Waals surface area (Å²) in [5.74, 6) is 0.899. The number of carbonyl (C=O) groups excluding carboxylic acids is 1. The highest BCUT2D eigenvalue weighted by atomic mass is 16.3. The molecule has 1 saturated heterocycles. The standard InChI is InChI=1S/C11H24N2.C6H12.C3H4O.CH2O2/c1-11(2,3)12-9-10-5-7-13(4)8-6-10;1-2-4-6-5-3-1;1-2-3-4;2-1-3/h10,12H,5-9H2,1-4H3;1-6H2;2-3H,1H2;1H,(H,2,3). The minimum atomic E-state index is -0.250. The molecule has 26 heavy (non-hydrogen) atoms. The number of hydrogen-bond donors (Lipinski definition) is 2. The van der Waals surface area contributed by atoms with Gasteiger partial charge in [-0.25, -0.2) is 0 Å². The van der Waals surface area contributed by atoms with Crippen LogP contribution in [0.15, 0.2) is 12.7 Å². The largest absolute Gasteiger partial charge is 0.483 e. The predicted molar refractivity (Wildman–Crippen MR) is 111 cm³/mol. The molecule has 0 aromatic rings. The highest BCUT2D eigenvalue weighted by Gasteiger charge is 2.18. The molecule has 0 spiro atoms. The second-order valence-electron chi connectivity index (χ2n) is 7.98. The van der Waals surface area contributed by atoms with E-state index in [0.29, 0.717) is 6.29 Å². The molecule has 1 aliphatic carbocycles. The van der Waals surface area contributed by atoms with E-state index in [1.54, 1.807) is 0 Å². The molecule has 1 saturated carbocycles. The van der Waals surface area contributed by atoms with Gasteiger partial charge in [0.25, 0.3) is 6.47 Å². The molecule has 2 aliphatic rings. The van der Waals surface area contributed by atoms with E-state index in [1.807, 2.05) is 0 Å². The normalized spacial score (nSPS) is 17.8. The van der Waals surface area contributed by atoms with Gasteiger partial charge in [0.15, 0.2) is 0 Å². The second-order valence-corrected chi connectivity index (χ2v) is 7.98. The topological polar surface area (TPSA) is 69.6 Å². The van der Waals surface area contributed by atoms with Crippen molar-refractivity contribution in [2.24, 2.45) is 5.92 Å². The molecule has 1 heterocycles. The molecule has 2 rings (SSSR count). The van der Waals surface area contributed by atoms with Crippen LogP contribution in [0.4, 0.5) is 0 Å². The fourth-order valence-corrected chi connectivity index (χ4v) is 2.78. The average molecular weight is 371 g/mol. The molecule has 2 fully saturated rings. The SMILES string of the molecule is C1CCCCC1.C=CC=O.CN1CCC(CNC(C)(C)C)CC1.O=CO. The van der Waals surface area contributed by atoms with Crippen LogP contribution in [0.1, 0.15) is 72.1 Å². The number of aldehydes is 1. The van der Waals surface area contributed by atoms with E-state index < -0.39 is 0 Å². The van der Waals surface area contributed by atoms with E-state index in [9.17, 15) is 0 Å². The third kappa shape index (κ3) is 22.8. The molecule has 0 aromatic heterocycles. The summed E-state index contributed by atoms with van der Waals surface area (Å²) in [5.41, 5.74) is 0.281. The summed E-state index contributed by atoms with van der Waals surface area (Å²) >= 11 is 0. The van der Waals surface area contributed by atoms with Crippen molar-refractivity contribution in [3.8, 4) is 0 Å². The highest BCUT2D eigenvalue weighted by Crippen LogP contribution is 2.16. The van der Waals surface area contributed by atoms with Crippen LogP contribution in [-0.4, -0.2) is 55.0 Å². The van der Waals surface area contributed by atoms with Crippen molar-refractivity contribution in [2.45, 2.75) is 77.7 Å². The quantitative estimate of drug-likeness (QED) is 0.577. The van der Waals surface area contributed by atoms with Gasteiger partial charge in [-0.3, -0.25) is 9.59 Å². The van der Waals surface area contributed by atoms with Crippen molar-refractivity contribution in [3.05, 3.63) is 12.7 Å². The van der Waals surface area contributed by atoms with Crippen LogP contribution < -0.4 is 5.32 Å². The fourth-order valence-electron chi connectivity index (χ4n) is 2.78. The summed E-state index contributed by atoms with van der Waals surface area (Å²) in [6.07, 6.45) is 13.6. The fraction of sp³-hybridized carbons (Fsp3) is 0.810. The van der Waals surface area contributed by atoms with Crippen molar-refractivity contribution in [1.82, 2.24) is 10.2 Å². The maximum absolute atomic E-state index is 9.06. The van der Waals surface area contributed by atoms with E-state index in [-0.39, 0.29) is 12.0 Å². The number of nitrogens with one attached hydrogen (secondary N) is 1. The van der Waals surface area contributed by atoms with Crippen molar-refractivity contribution in [1.29, 1.82) is 0 Å². The van der Waals surface area contributed by atoms with Gasteiger partial charge in [0.2, 0.25) is 0 Å². The molecule has 0 radical (unpaired) electrons. The Morgan fingerprint density at radius 2 is 1.38 bits per heavy atom. The average Bonchev–Trinajstić information content (AvgIpc) is 2.63. The number of piperidine rings is 1. The lowest BCUT2D eigenvalue weighted by Gasteiger charge is -2.31. The summed E-state index contributed by atoms with van der Waals surface area (Å²) in [7, 11) is 2.22. The number of nitrogens with zero attached hydrogens (tertiary/aromatic N) is 1. The zero-order chi connectivity index (χ0) is 20.3. The van der Waals surface area contributed by atoms with Crippen LogP contribution in [0.3, 0.4) is 0 Å². The Morgan fingerprint density at radius 3 is 1.65 bits per heavy atom. The van der Waals surface area contributed by atoms with Crippen molar-refractivity contribution in [2.75, 3.05) is 26.7 Å². The summed E-state index contributed by atoms with van der Waals surface area (Å²) < 4.78 is 0. The van der Waals surface area contributed by atoms with Crippen LogP contribution in [-0.2, 0) is 9.59 Å². The molecule has 0 atom stereocenters. The smallest absolute Gasteiger partial charge is 0.290 e. The predicted octanol–water partition coefficient (Wildman–Crippen LogP) is 4.13. The molecular formula is C21H42N2O3. The molecule has 1 aliphatic heterocycles. The molecule has 5 heteroatoms. The van der Waals surface area contributed by atoms with E-state index >= 15 is 0 Å². The Balaban J connectivity index is 0. The van der Waals surface area contributed by atoms with Crippen LogP contribution in [0.2, 0.25) is 0 Å². The minimum absolute atomic E-state index is 0.250. The Morgan fingerprint density at radius 1 is 1.04 bits per heavy atom. The summed E-state index contributed by atoms with van der Waals surface area (Å²) in [6.45, 7) is 13.3. The Bertz CT molecular complexity index is 311. The number of allylic oxidation sites excluding steroid dienone is 1. The Kier molecular flexibility index (Phi) is 19.3. The molecule has 0 bridgehead atoms. The number of carboxylic acid groups (broad SMARTS) is 1. The van der Waals surface area contributed by atoms with Crippen LogP contribution >= 0.6 is 0 Å². The first kappa shape index (κ1) is 27.0. The first-order chi connectivity index (χ1) is 12.3. The van der Waals surface area contributed by atoms with Crippen LogP contribution in [0.5, 0.6) is 0 Å². The van der Waals surface area contributed by atoms with Gasteiger partial charge in [0, 0.05) is 5.54 Å². The maximum Gasteiger partial charge on any atom is 0.290 e.